The molecule has 0 spiro atoms. The summed E-state index contributed by atoms with van der Waals surface area (Å²) in [4.78, 5) is 12.6. The first-order valence-electron chi connectivity index (χ1n) is 11.7. The summed E-state index contributed by atoms with van der Waals surface area (Å²) < 4.78 is 34.2. The summed E-state index contributed by atoms with van der Waals surface area (Å²) in [5.41, 5.74) is 0.281. The van der Waals surface area contributed by atoms with Crippen LogP contribution >= 0.6 is 0 Å². The Kier molecular flexibility index (Phi) is 7.65. The Bertz CT molecular complexity index is 903. The monoisotopic (exact) mass is 466 g/mol. The van der Waals surface area contributed by atoms with Gasteiger partial charge in [0, 0.05) is 36.7 Å². The minimum atomic E-state index is -3.45. The molecule has 3 aliphatic rings. The van der Waals surface area contributed by atoms with E-state index in [2.05, 4.69) is 20.5 Å². The molecule has 0 radical (unpaired) electrons. The average Bonchev–Trinajstić information content (AvgIpc) is 3.55. The lowest BCUT2D eigenvalue weighted by molar-refractivity contribution is 0.0925. The molecule has 0 aliphatic heterocycles. The molecule has 4 rings (SSSR count). The quantitative estimate of drug-likeness (QED) is 0.406. The first-order chi connectivity index (χ1) is 15.4. The summed E-state index contributed by atoms with van der Waals surface area (Å²) in [5.74, 6) is 0.878. The van der Waals surface area contributed by atoms with Gasteiger partial charge in [-0.15, -0.1) is 0 Å². The SMILES string of the molecule is O=C(N[C@H]1CC=CC[C@H](NS(=O)(=O)C2CCC(NCCO)CC2)C1)c1cc(C2CC2)on1. The first-order valence-corrected chi connectivity index (χ1v) is 13.3. The van der Waals surface area contributed by atoms with Crippen molar-refractivity contribution in [2.75, 3.05) is 13.2 Å². The van der Waals surface area contributed by atoms with Crippen molar-refractivity contribution in [1.29, 1.82) is 0 Å². The zero-order chi connectivity index (χ0) is 22.6. The Hall–Kier alpha value is -1.75. The second-order valence-electron chi connectivity index (χ2n) is 9.25. The summed E-state index contributed by atoms with van der Waals surface area (Å²) in [6.45, 7) is 0.628. The van der Waals surface area contributed by atoms with Crippen molar-refractivity contribution < 1.29 is 22.8 Å². The number of aromatic nitrogens is 1. The van der Waals surface area contributed by atoms with Gasteiger partial charge in [0.15, 0.2) is 5.69 Å². The number of carbonyl (C=O) groups excluding carboxylic acids is 1. The summed E-state index contributed by atoms with van der Waals surface area (Å²) in [5, 5.41) is 18.7. The van der Waals surface area contributed by atoms with Gasteiger partial charge in [-0.05, 0) is 57.8 Å². The number of aliphatic hydroxyl groups excluding tert-OH is 1. The molecule has 1 amide bonds. The maximum atomic E-state index is 13.0. The van der Waals surface area contributed by atoms with E-state index in [9.17, 15) is 13.2 Å². The third-order valence-corrected chi connectivity index (χ3v) is 8.65. The molecule has 2 atom stereocenters. The van der Waals surface area contributed by atoms with E-state index < -0.39 is 15.3 Å². The van der Waals surface area contributed by atoms with Crippen LogP contribution in [0.4, 0.5) is 0 Å². The van der Waals surface area contributed by atoms with Gasteiger partial charge in [-0.3, -0.25) is 4.79 Å². The minimum Gasteiger partial charge on any atom is -0.395 e. The van der Waals surface area contributed by atoms with Gasteiger partial charge in [0.2, 0.25) is 10.0 Å². The van der Waals surface area contributed by atoms with Gasteiger partial charge >= 0.3 is 0 Å². The van der Waals surface area contributed by atoms with Crippen molar-refractivity contribution in [2.45, 2.75) is 87.1 Å². The number of aliphatic hydroxyl groups is 1. The van der Waals surface area contributed by atoms with Gasteiger partial charge < -0.3 is 20.3 Å². The van der Waals surface area contributed by atoms with E-state index >= 15 is 0 Å². The minimum absolute atomic E-state index is 0.0883. The van der Waals surface area contributed by atoms with Gasteiger partial charge in [-0.2, -0.15) is 0 Å². The number of nitrogens with one attached hydrogen (secondary N) is 3. The van der Waals surface area contributed by atoms with Crippen molar-refractivity contribution in [2.24, 2.45) is 0 Å². The van der Waals surface area contributed by atoms with E-state index in [4.69, 9.17) is 9.63 Å². The molecule has 9 nitrogen and oxygen atoms in total. The molecule has 0 bridgehead atoms. The summed E-state index contributed by atoms with van der Waals surface area (Å²) >= 11 is 0. The molecule has 32 heavy (non-hydrogen) atoms. The molecule has 178 valence electrons. The van der Waals surface area contributed by atoms with E-state index in [0.717, 1.165) is 31.4 Å². The standard InChI is InChI=1S/C22H34N4O5S/c27-12-11-23-16-7-9-19(10-8-16)32(29,30)26-18-4-2-1-3-17(13-18)24-22(28)20-14-21(31-25-20)15-5-6-15/h1-2,14-19,23,26-27H,3-13H2,(H,24,28)/t16?,17-,18-,19?/m0/s1. The van der Waals surface area contributed by atoms with Crippen LogP contribution in [0.15, 0.2) is 22.7 Å². The highest BCUT2D eigenvalue weighted by molar-refractivity contribution is 7.90. The number of rotatable bonds is 9. The highest BCUT2D eigenvalue weighted by Gasteiger charge is 2.33. The topological polar surface area (TPSA) is 134 Å². The third-order valence-electron chi connectivity index (χ3n) is 6.64. The number of carbonyl (C=O) groups is 1. The molecule has 0 unspecified atom stereocenters. The van der Waals surface area contributed by atoms with E-state index in [1.165, 1.54) is 0 Å². The van der Waals surface area contributed by atoms with Crippen molar-refractivity contribution in [3.63, 3.8) is 0 Å². The fraction of sp³-hybridized carbons (Fsp3) is 0.727. The molecular formula is C22H34N4O5S. The Balaban J connectivity index is 1.29. The Labute approximate surface area is 189 Å². The van der Waals surface area contributed by atoms with E-state index in [0.29, 0.717) is 44.6 Å². The number of sulfonamides is 1. The van der Waals surface area contributed by atoms with Crippen LogP contribution in [0.2, 0.25) is 0 Å². The Morgan fingerprint density at radius 2 is 1.78 bits per heavy atom. The van der Waals surface area contributed by atoms with Gasteiger partial charge in [-0.1, -0.05) is 17.3 Å². The van der Waals surface area contributed by atoms with Crippen molar-refractivity contribution in [3.05, 3.63) is 29.7 Å². The molecular weight excluding hydrogens is 432 g/mol. The van der Waals surface area contributed by atoms with Crippen molar-refractivity contribution in [1.82, 2.24) is 20.5 Å². The van der Waals surface area contributed by atoms with Crippen LogP contribution in [0.5, 0.6) is 0 Å². The third kappa shape index (κ3) is 6.18. The highest BCUT2D eigenvalue weighted by Crippen LogP contribution is 2.40. The van der Waals surface area contributed by atoms with Gasteiger partial charge in [0.25, 0.3) is 5.91 Å². The maximum Gasteiger partial charge on any atom is 0.273 e. The van der Waals surface area contributed by atoms with Gasteiger partial charge in [0.1, 0.15) is 5.76 Å². The fourth-order valence-corrected chi connectivity index (χ4v) is 6.40. The van der Waals surface area contributed by atoms with Crippen molar-refractivity contribution >= 4 is 15.9 Å². The van der Waals surface area contributed by atoms with E-state index in [1.807, 2.05) is 12.2 Å². The maximum absolute atomic E-state index is 13.0. The van der Waals surface area contributed by atoms with Crippen molar-refractivity contribution in [3.8, 4) is 0 Å². The fourth-order valence-electron chi connectivity index (χ4n) is 4.66. The summed E-state index contributed by atoms with van der Waals surface area (Å²) in [6, 6.07) is 1.55. The highest BCUT2D eigenvalue weighted by atomic mass is 32.2. The molecule has 2 saturated carbocycles. The van der Waals surface area contributed by atoms with Crippen LogP contribution in [0.1, 0.15) is 80.0 Å². The normalized spacial score (nSPS) is 28.9. The predicted molar refractivity (Wildman–Crippen MR) is 120 cm³/mol. The Morgan fingerprint density at radius 1 is 1.06 bits per heavy atom. The Morgan fingerprint density at radius 3 is 2.47 bits per heavy atom. The molecule has 1 heterocycles. The molecule has 3 aliphatic carbocycles. The smallest absolute Gasteiger partial charge is 0.273 e. The van der Waals surface area contributed by atoms with Gasteiger partial charge in [0.05, 0.1) is 11.9 Å². The lowest BCUT2D eigenvalue weighted by Gasteiger charge is -2.30. The zero-order valence-electron chi connectivity index (χ0n) is 18.3. The molecule has 0 aromatic carbocycles. The molecule has 10 heteroatoms. The molecule has 4 N–H and O–H groups in total. The number of hydrogen-bond acceptors (Lipinski definition) is 7. The molecule has 2 fully saturated rings. The molecule has 0 saturated heterocycles. The van der Waals surface area contributed by atoms with Crippen LogP contribution < -0.4 is 15.4 Å². The van der Waals surface area contributed by atoms with Crippen LogP contribution in [0.25, 0.3) is 0 Å². The number of nitrogens with zero attached hydrogens (tertiary/aromatic N) is 1. The van der Waals surface area contributed by atoms with E-state index in [-0.39, 0.29) is 36.3 Å². The number of amides is 1. The second kappa shape index (κ2) is 10.5. The van der Waals surface area contributed by atoms with Crippen LogP contribution in [-0.4, -0.2) is 61.1 Å². The van der Waals surface area contributed by atoms with Crippen LogP contribution in [0.3, 0.4) is 0 Å². The van der Waals surface area contributed by atoms with E-state index in [1.54, 1.807) is 6.07 Å². The predicted octanol–water partition coefficient (Wildman–Crippen LogP) is 1.57. The lowest BCUT2D eigenvalue weighted by Crippen LogP contribution is -2.47. The van der Waals surface area contributed by atoms with Crippen LogP contribution in [0, 0.1) is 0 Å². The number of hydrogen-bond donors (Lipinski definition) is 4. The molecule has 1 aromatic heterocycles. The zero-order valence-corrected chi connectivity index (χ0v) is 19.1. The molecule has 1 aromatic rings. The second-order valence-corrected chi connectivity index (χ2v) is 11.2. The summed E-state index contributed by atoms with van der Waals surface area (Å²) in [6.07, 6.45) is 10.7. The van der Waals surface area contributed by atoms with Gasteiger partial charge in [-0.25, -0.2) is 13.1 Å². The lowest BCUT2D eigenvalue weighted by atomic mass is 9.95. The first kappa shape index (κ1) is 23.4. The summed E-state index contributed by atoms with van der Waals surface area (Å²) in [7, 11) is -3.45. The average molecular weight is 467 g/mol. The van der Waals surface area contributed by atoms with Crippen LogP contribution in [-0.2, 0) is 10.0 Å². The largest absolute Gasteiger partial charge is 0.395 e.